The molecule has 1 rings (SSSR count). The van der Waals surface area contributed by atoms with E-state index < -0.39 is 6.04 Å². The first-order chi connectivity index (χ1) is 7.26. The molecule has 0 amide bonds. The molecule has 0 spiro atoms. The highest BCUT2D eigenvalue weighted by Crippen LogP contribution is 2.23. The Kier molecular flexibility index (Phi) is 5.62. The molecule has 0 heterocycles. The van der Waals surface area contributed by atoms with Gasteiger partial charge in [0.05, 0.1) is 24.3 Å². The maximum Gasteiger partial charge on any atom is 0.0950 e. The van der Waals surface area contributed by atoms with Crippen LogP contribution in [0.3, 0.4) is 0 Å². The number of hydrogen-bond acceptors (Lipinski definition) is 4. The van der Waals surface area contributed by atoms with Crippen molar-refractivity contribution in [1.29, 1.82) is 5.26 Å². The Morgan fingerprint density at radius 3 is 2.87 bits per heavy atom. The molecule has 3 unspecified atom stereocenters. The van der Waals surface area contributed by atoms with E-state index in [1.165, 1.54) is 0 Å². The Morgan fingerprint density at radius 2 is 2.20 bits per heavy atom. The van der Waals surface area contributed by atoms with Crippen molar-refractivity contribution in [1.82, 2.24) is 0 Å². The van der Waals surface area contributed by atoms with Crippen LogP contribution in [0, 0.1) is 11.3 Å². The van der Waals surface area contributed by atoms with E-state index in [4.69, 9.17) is 20.5 Å². The summed E-state index contributed by atoms with van der Waals surface area (Å²) in [6, 6.07) is 1.60. The van der Waals surface area contributed by atoms with Gasteiger partial charge in [0.25, 0.3) is 0 Å². The molecule has 0 aromatic heterocycles. The molecule has 1 saturated carbocycles. The summed E-state index contributed by atoms with van der Waals surface area (Å²) in [6.45, 7) is 0.579. The zero-order valence-electron chi connectivity index (χ0n) is 9.32. The molecule has 0 aromatic rings. The van der Waals surface area contributed by atoms with Crippen molar-refractivity contribution >= 4 is 0 Å². The van der Waals surface area contributed by atoms with Crippen LogP contribution in [0.1, 0.15) is 32.1 Å². The van der Waals surface area contributed by atoms with E-state index >= 15 is 0 Å². The summed E-state index contributed by atoms with van der Waals surface area (Å²) >= 11 is 0. The minimum Gasteiger partial charge on any atom is -0.381 e. The zero-order chi connectivity index (χ0) is 11.1. The van der Waals surface area contributed by atoms with Gasteiger partial charge < -0.3 is 15.2 Å². The molecule has 4 nitrogen and oxygen atoms in total. The number of rotatable bonds is 5. The van der Waals surface area contributed by atoms with Gasteiger partial charge in [-0.1, -0.05) is 0 Å². The first-order valence-electron chi connectivity index (χ1n) is 5.56. The summed E-state index contributed by atoms with van der Waals surface area (Å²) in [5.74, 6) is 0. The van der Waals surface area contributed by atoms with E-state index in [-0.39, 0.29) is 6.10 Å². The molecule has 0 bridgehead atoms. The summed E-state index contributed by atoms with van der Waals surface area (Å²) < 4.78 is 11.0. The second-order valence-corrected chi connectivity index (χ2v) is 4.04. The lowest BCUT2D eigenvalue weighted by Crippen LogP contribution is -2.29. The van der Waals surface area contributed by atoms with Crippen molar-refractivity contribution in [2.75, 3.05) is 13.7 Å². The molecule has 15 heavy (non-hydrogen) atoms. The second kappa shape index (κ2) is 6.78. The van der Waals surface area contributed by atoms with Gasteiger partial charge in [0.15, 0.2) is 0 Å². The van der Waals surface area contributed by atoms with Crippen LogP contribution in [0.25, 0.3) is 0 Å². The van der Waals surface area contributed by atoms with E-state index in [0.717, 1.165) is 25.7 Å². The minimum atomic E-state index is -0.396. The van der Waals surface area contributed by atoms with Gasteiger partial charge in [-0.2, -0.15) is 5.26 Å². The molecule has 0 aromatic carbocycles. The topological polar surface area (TPSA) is 68.3 Å². The lowest BCUT2D eigenvalue weighted by atomic mass is 9.95. The van der Waals surface area contributed by atoms with Crippen LogP contribution in [-0.4, -0.2) is 32.0 Å². The number of nitrogens with zero attached hydrogens (tertiary/aromatic N) is 1. The van der Waals surface area contributed by atoms with Crippen molar-refractivity contribution in [2.45, 2.75) is 50.4 Å². The molecule has 0 radical (unpaired) electrons. The van der Waals surface area contributed by atoms with Gasteiger partial charge in [0.2, 0.25) is 0 Å². The normalized spacial score (nSPS) is 28.3. The van der Waals surface area contributed by atoms with E-state index in [0.29, 0.717) is 19.1 Å². The van der Waals surface area contributed by atoms with Gasteiger partial charge in [-0.15, -0.1) is 0 Å². The van der Waals surface area contributed by atoms with Gasteiger partial charge in [0, 0.05) is 13.7 Å². The highest BCUT2D eigenvalue weighted by Gasteiger charge is 2.22. The van der Waals surface area contributed by atoms with Crippen molar-refractivity contribution in [3.05, 3.63) is 0 Å². The summed E-state index contributed by atoms with van der Waals surface area (Å²) in [5, 5.41) is 8.50. The quantitative estimate of drug-likeness (QED) is 0.743. The fourth-order valence-electron chi connectivity index (χ4n) is 1.89. The molecule has 0 saturated heterocycles. The first-order valence-corrected chi connectivity index (χ1v) is 5.56. The van der Waals surface area contributed by atoms with Crippen LogP contribution in [-0.2, 0) is 9.47 Å². The minimum absolute atomic E-state index is 0.287. The summed E-state index contributed by atoms with van der Waals surface area (Å²) in [5.41, 5.74) is 5.48. The lowest BCUT2D eigenvalue weighted by molar-refractivity contribution is -0.0302. The Balaban J connectivity index is 2.13. The number of methoxy groups -OCH3 is 1. The SMILES string of the molecule is COC1CCCC(OCCC(N)C#N)C1. The van der Waals surface area contributed by atoms with E-state index in [1.54, 1.807) is 7.11 Å². The number of hydrogen-bond donors (Lipinski definition) is 1. The molecular formula is C11H20N2O2. The summed E-state index contributed by atoms with van der Waals surface area (Å²) in [7, 11) is 1.75. The van der Waals surface area contributed by atoms with Gasteiger partial charge in [-0.3, -0.25) is 0 Å². The van der Waals surface area contributed by atoms with Crippen molar-refractivity contribution in [3.8, 4) is 6.07 Å². The zero-order valence-corrected chi connectivity index (χ0v) is 9.32. The summed E-state index contributed by atoms with van der Waals surface area (Å²) in [4.78, 5) is 0. The van der Waals surface area contributed by atoms with Crippen molar-refractivity contribution in [2.24, 2.45) is 5.73 Å². The van der Waals surface area contributed by atoms with Crippen molar-refractivity contribution < 1.29 is 9.47 Å². The Labute approximate surface area is 91.3 Å². The van der Waals surface area contributed by atoms with Crippen LogP contribution in [0.15, 0.2) is 0 Å². The van der Waals surface area contributed by atoms with Crippen molar-refractivity contribution in [3.63, 3.8) is 0 Å². The van der Waals surface area contributed by atoms with E-state index in [9.17, 15) is 0 Å². The van der Waals surface area contributed by atoms with E-state index in [2.05, 4.69) is 0 Å². The van der Waals surface area contributed by atoms with Gasteiger partial charge in [0.1, 0.15) is 0 Å². The van der Waals surface area contributed by atoms with Gasteiger partial charge in [-0.05, 0) is 32.1 Å². The fourth-order valence-corrected chi connectivity index (χ4v) is 1.89. The van der Waals surface area contributed by atoms with Gasteiger partial charge >= 0.3 is 0 Å². The molecular weight excluding hydrogens is 192 g/mol. The van der Waals surface area contributed by atoms with E-state index in [1.807, 2.05) is 6.07 Å². The van der Waals surface area contributed by atoms with Gasteiger partial charge in [-0.25, -0.2) is 0 Å². The highest BCUT2D eigenvalue weighted by atomic mass is 16.5. The second-order valence-electron chi connectivity index (χ2n) is 4.04. The standard InChI is InChI=1S/C11H20N2O2/c1-14-10-3-2-4-11(7-10)15-6-5-9(13)8-12/h9-11H,2-7,13H2,1H3. The Bertz CT molecular complexity index is 215. The number of ether oxygens (including phenoxy) is 2. The Morgan fingerprint density at radius 1 is 1.47 bits per heavy atom. The monoisotopic (exact) mass is 212 g/mol. The predicted octanol–water partition coefficient (Wildman–Crippen LogP) is 1.20. The molecule has 0 aliphatic heterocycles. The molecule has 2 N–H and O–H groups in total. The molecule has 4 heteroatoms. The first kappa shape index (κ1) is 12.4. The molecule has 3 atom stereocenters. The Hall–Kier alpha value is -0.630. The molecule has 1 fully saturated rings. The average molecular weight is 212 g/mol. The molecule has 1 aliphatic carbocycles. The maximum absolute atomic E-state index is 8.50. The maximum atomic E-state index is 8.50. The van der Waals surface area contributed by atoms with Crippen LogP contribution < -0.4 is 5.73 Å². The number of nitrogens with two attached hydrogens (primary N) is 1. The highest BCUT2D eigenvalue weighted by molar-refractivity contribution is 4.86. The smallest absolute Gasteiger partial charge is 0.0950 e. The predicted molar refractivity (Wildman–Crippen MR) is 57.2 cm³/mol. The van der Waals surface area contributed by atoms with Crippen LogP contribution in [0.2, 0.25) is 0 Å². The number of nitriles is 1. The summed E-state index contributed by atoms with van der Waals surface area (Å²) in [6.07, 6.45) is 5.61. The average Bonchev–Trinajstić information content (AvgIpc) is 2.29. The third kappa shape index (κ3) is 4.61. The van der Waals surface area contributed by atoms with Crippen LogP contribution in [0.4, 0.5) is 0 Å². The molecule has 86 valence electrons. The van der Waals surface area contributed by atoms with Crippen LogP contribution >= 0.6 is 0 Å². The third-order valence-corrected chi connectivity index (χ3v) is 2.86. The third-order valence-electron chi connectivity index (χ3n) is 2.86. The lowest BCUT2D eigenvalue weighted by Gasteiger charge is -2.28. The fraction of sp³-hybridized carbons (Fsp3) is 0.909. The molecule has 1 aliphatic rings. The van der Waals surface area contributed by atoms with Crippen LogP contribution in [0.5, 0.6) is 0 Å². The largest absolute Gasteiger partial charge is 0.381 e.